The molecule has 0 heterocycles. The minimum absolute atomic E-state index is 0.0793. The molecule has 152 valence electrons. The van der Waals surface area contributed by atoms with Crippen LogP contribution in [0, 0.1) is 18.3 Å². The lowest BCUT2D eigenvalue weighted by atomic mass is 10.2. The van der Waals surface area contributed by atoms with Crippen LogP contribution in [0.3, 0.4) is 0 Å². The van der Waals surface area contributed by atoms with E-state index in [-0.39, 0.29) is 9.80 Å². The Bertz CT molecular complexity index is 1190. The number of aryl methyl sites for hydroxylation is 1. The second-order valence-corrected chi connectivity index (χ2v) is 8.54. The number of allylic oxidation sites excluding steroid dienone is 1. The Balaban J connectivity index is 1.88. The molecule has 0 aliphatic rings. The van der Waals surface area contributed by atoms with Crippen LogP contribution in [0.1, 0.15) is 16.7 Å². The molecule has 0 atom stereocenters. The SMILES string of the molecule is COc1cc(C=C(C#N)S(=O)(=O)c2ccc(C)cc2)ccc1OCc1ccccc1. The lowest BCUT2D eigenvalue weighted by molar-refractivity contribution is 0.284. The Labute approximate surface area is 176 Å². The van der Waals surface area contributed by atoms with Crippen molar-refractivity contribution in [3.05, 3.63) is 94.4 Å². The van der Waals surface area contributed by atoms with E-state index in [9.17, 15) is 13.7 Å². The molecule has 0 N–H and O–H groups in total. The van der Waals surface area contributed by atoms with E-state index in [4.69, 9.17) is 9.47 Å². The molecule has 0 aromatic heterocycles. The zero-order valence-corrected chi connectivity index (χ0v) is 17.5. The molecular formula is C24H21NO4S. The second-order valence-electron chi connectivity index (χ2n) is 6.62. The third-order valence-corrected chi connectivity index (χ3v) is 6.13. The molecule has 3 aromatic rings. The fourth-order valence-electron chi connectivity index (χ4n) is 2.79. The monoisotopic (exact) mass is 419 g/mol. The normalized spacial score (nSPS) is 11.6. The van der Waals surface area contributed by atoms with E-state index in [1.54, 1.807) is 36.4 Å². The first-order chi connectivity index (χ1) is 14.4. The summed E-state index contributed by atoms with van der Waals surface area (Å²) >= 11 is 0. The van der Waals surface area contributed by atoms with E-state index in [0.717, 1.165) is 11.1 Å². The van der Waals surface area contributed by atoms with Gasteiger partial charge in [-0.15, -0.1) is 0 Å². The molecule has 0 fully saturated rings. The molecule has 0 amide bonds. The van der Waals surface area contributed by atoms with Crippen molar-refractivity contribution in [2.75, 3.05) is 7.11 Å². The highest BCUT2D eigenvalue weighted by atomic mass is 32.2. The van der Waals surface area contributed by atoms with E-state index < -0.39 is 9.84 Å². The zero-order chi connectivity index (χ0) is 21.6. The van der Waals surface area contributed by atoms with Gasteiger partial charge in [0.15, 0.2) is 11.5 Å². The van der Waals surface area contributed by atoms with Gasteiger partial charge in [-0.1, -0.05) is 54.1 Å². The Morgan fingerprint density at radius 3 is 2.33 bits per heavy atom. The third-order valence-electron chi connectivity index (χ3n) is 4.45. The average Bonchev–Trinajstić information content (AvgIpc) is 2.77. The number of nitrogens with zero attached hydrogens (tertiary/aromatic N) is 1. The van der Waals surface area contributed by atoms with Gasteiger partial charge in [-0.3, -0.25) is 0 Å². The molecule has 3 rings (SSSR count). The summed E-state index contributed by atoms with van der Waals surface area (Å²) in [6, 6.07) is 22.9. The predicted octanol–water partition coefficient (Wildman–Crippen LogP) is 4.92. The molecule has 0 aliphatic carbocycles. The minimum Gasteiger partial charge on any atom is -0.493 e. The highest BCUT2D eigenvalue weighted by Crippen LogP contribution is 2.30. The third kappa shape index (κ3) is 4.88. The van der Waals surface area contributed by atoms with Crippen LogP contribution in [-0.4, -0.2) is 15.5 Å². The smallest absolute Gasteiger partial charge is 0.216 e. The summed E-state index contributed by atoms with van der Waals surface area (Å²) in [5.74, 6) is 0.975. The number of hydrogen-bond donors (Lipinski definition) is 0. The molecule has 6 heteroatoms. The van der Waals surface area contributed by atoms with Gasteiger partial charge in [-0.05, 0) is 48.4 Å². The summed E-state index contributed by atoms with van der Waals surface area (Å²) in [6.07, 6.45) is 1.33. The number of sulfone groups is 1. The van der Waals surface area contributed by atoms with Crippen LogP contribution < -0.4 is 9.47 Å². The highest BCUT2D eigenvalue weighted by Gasteiger charge is 2.21. The number of rotatable bonds is 7. The zero-order valence-electron chi connectivity index (χ0n) is 16.7. The minimum atomic E-state index is -3.91. The van der Waals surface area contributed by atoms with Crippen molar-refractivity contribution in [3.63, 3.8) is 0 Å². The van der Waals surface area contributed by atoms with Crippen LogP contribution in [-0.2, 0) is 16.4 Å². The highest BCUT2D eigenvalue weighted by molar-refractivity contribution is 7.95. The fourth-order valence-corrected chi connectivity index (χ4v) is 3.95. The second kappa shape index (κ2) is 9.29. The quantitative estimate of drug-likeness (QED) is 0.508. The summed E-state index contributed by atoms with van der Waals surface area (Å²) in [4.78, 5) is -0.262. The van der Waals surface area contributed by atoms with Crippen molar-refractivity contribution < 1.29 is 17.9 Å². The van der Waals surface area contributed by atoms with E-state index in [1.807, 2.05) is 37.3 Å². The molecular weight excluding hydrogens is 398 g/mol. The number of hydrogen-bond acceptors (Lipinski definition) is 5. The lowest BCUT2D eigenvalue weighted by Gasteiger charge is -2.11. The maximum atomic E-state index is 12.8. The summed E-state index contributed by atoms with van der Waals surface area (Å²) in [5, 5.41) is 9.48. The lowest BCUT2D eigenvalue weighted by Crippen LogP contribution is -2.03. The first-order valence-electron chi connectivity index (χ1n) is 9.22. The molecule has 0 saturated carbocycles. The van der Waals surface area contributed by atoms with E-state index in [0.29, 0.717) is 23.7 Å². The molecule has 0 saturated heterocycles. The first-order valence-corrected chi connectivity index (χ1v) is 10.7. The van der Waals surface area contributed by atoms with Gasteiger partial charge in [0.2, 0.25) is 9.84 Å². The molecule has 0 aliphatic heterocycles. The van der Waals surface area contributed by atoms with Gasteiger partial charge in [0.05, 0.1) is 12.0 Å². The Hall–Kier alpha value is -3.56. The van der Waals surface area contributed by atoms with Gasteiger partial charge in [-0.25, -0.2) is 8.42 Å². The molecule has 0 unspecified atom stereocenters. The van der Waals surface area contributed by atoms with Crippen molar-refractivity contribution in [2.24, 2.45) is 0 Å². The van der Waals surface area contributed by atoms with Gasteiger partial charge in [0.25, 0.3) is 0 Å². The molecule has 0 radical (unpaired) electrons. The van der Waals surface area contributed by atoms with Gasteiger partial charge in [-0.2, -0.15) is 5.26 Å². The molecule has 0 spiro atoms. The first kappa shape index (κ1) is 21.2. The van der Waals surface area contributed by atoms with E-state index >= 15 is 0 Å². The summed E-state index contributed by atoms with van der Waals surface area (Å²) in [5.41, 5.74) is 2.47. The molecule has 30 heavy (non-hydrogen) atoms. The van der Waals surface area contributed by atoms with Gasteiger partial charge in [0.1, 0.15) is 17.6 Å². The van der Waals surface area contributed by atoms with Crippen LogP contribution in [0.2, 0.25) is 0 Å². The number of methoxy groups -OCH3 is 1. The van der Waals surface area contributed by atoms with Crippen molar-refractivity contribution in [1.29, 1.82) is 5.26 Å². The predicted molar refractivity (Wildman–Crippen MR) is 116 cm³/mol. The van der Waals surface area contributed by atoms with Crippen LogP contribution >= 0.6 is 0 Å². The standard InChI is InChI=1S/C24H21NO4S/c1-18-8-11-21(12-9-18)30(26,27)22(16-25)14-20-10-13-23(24(15-20)28-2)29-17-19-6-4-3-5-7-19/h3-15H,17H2,1-2H3. The Kier molecular flexibility index (Phi) is 6.55. The Morgan fingerprint density at radius 1 is 1.00 bits per heavy atom. The summed E-state index contributed by atoms with van der Waals surface area (Å²) in [7, 11) is -2.41. The fraction of sp³-hybridized carbons (Fsp3) is 0.125. The van der Waals surface area contributed by atoms with Crippen LogP contribution in [0.25, 0.3) is 6.08 Å². The van der Waals surface area contributed by atoms with Crippen molar-refractivity contribution in [3.8, 4) is 17.6 Å². The van der Waals surface area contributed by atoms with Crippen molar-refractivity contribution in [1.82, 2.24) is 0 Å². The molecule has 0 bridgehead atoms. The number of benzene rings is 3. The van der Waals surface area contributed by atoms with Gasteiger partial charge < -0.3 is 9.47 Å². The maximum Gasteiger partial charge on any atom is 0.216 e. The van der Waals surface area contributed by atoms with Crippen LogP contribution in [0.4, 0.5) is 0 Å². The van der Waals surface area contributed by atoms with E-state index in [1.165, 1.54) is 25.3 Å². The largest absolute Gasteiger partial charge is 0.493 e. The summed E-state index contributed by atoms with van der Waals surface area (Å²) < 4.78 is 36.8. The van der Waals surface area contributed by atoms with Gasteiger partial charge in [0, 0.05) is 0 Å². The van der Waals surface area contributed by atoms with Crippen molar-refractivity contribution in [2.45, 2.75) is 18.4 Å². The van der Waals surface area contributed by atoms with Gasteiger partial charge >= 0.3 is 0 Å². The van der Waals surface area contributed by atoms with Crippen LogP contribution in [0.15, 0.2) is 82.6 Å². The Morgan fingerprint density at radius 2 is 1.70 bits per heavy atom. The maximum absolute atomic E-state index is 12.8. The van der Waals surface area contributed by atoms with Crippen LogP contribution in [0.5, 0.6) is 11.5 Å². The number of nitriles is 1. The topological polar surface area (TPSA) is 76.4 Å². The molecule has 3 aromatic carbocycles. The summed E-state index contributed by atoms with van der Waals surface area (Å²) in [6.45, 7) is 2.24. The number of ether oxygens (including phenoxy) is 2. The van der Waals surface area contributed by atoms with Crippen molar-refractivity contribution >= 4 is 15.9 Å². The molecule has 5 nitrogen and oxygen atoms in total. The average molecular weight is 420 g/mol. The van der Waals surface area contributed by atoms with E-state index in [2.05, 4.69) is 0 Å².